The third kappa shape index (κ3) is 2.67. The van der Waals surface area contributed by atoms with Crippen LogP contribution in [0.3, 0.4) is 0 Å². The Bertz CT molecular complexity index is 832. The van der Waals surface area contributed by atoms with E-state index < -0.39 is 10.0 Å². The molecule has 0 aliphatic rings. The van der Waals surface area contributed by atoms with Gasteiger partial charge in [-0.25, -0.2) is 13.1 Å². The Morgan fingerprint density at radius 1 is 1.36 bits per heavy atom. The first kappa shape index (κ1) is 16.3. The molecule has 0 atom stereocenters. The number of aryl methyl sites for hydroxylation is 1. The highest BCUT2D eigenvalue weighted by atomic mass is 32.2. The zero-order valence-electron chi connectivity index (χ0n) is 12.9. The van der Waals surface area contributed by atoms with Gasteiger partial charge in [0.05, 0.1) is 18.2 Å². The van der Waals surface area contributed by atoms with E-state index in [2.05, 4.69) is 4.72 Å². The van der Waals surface area contributed by atoms with Gasteiger partial charge in [0.1, 0.15) is 11.8 Å². The number of benzene rings is 1. The summed E-state index contributed by atoms with van der Waals surface area (Å²) < 4.78 is 34.5. The fourth-order valence-electron chi connectivity index (χ4n) is 2.44. The molecular weight excluding hydrogens is 302 g/mol. The van der Waals surface area contributed by atoms with Crippen LogP contribution in [0.25, 0.3) is 10.9 Å². The highest BCUT2D eigenvalue weighted by molar-refractivity contribution is 7.89. The van der Waals surface area contributed by atoms with E-state index in [0.29, 0.717) is 36.2 Å². The van der Waals surface area contributed by atoms with E-state index in [9.17, 15) is 13.7 Å². The van der Waals surface area contributed by atoms with Crippen molar-refractivity contribution in [3.63, 3.8) is 0 Å². The second kappa shape index (κ2) is 6.38. The first-order valence-electron chi connectivity index (χ1n) is 7.10. The van der Waals surface area contributed by atoms with Crippen LogP contribution < -0.4 is 9.46 Å². The molecule has 6 nitrogen and oxygen atoms in total. The van der Waals surface area contributed by atoms with Gasteiger partial charge in [-0.15, -0.1) is 0 Å². The number of fused-ring (bicyclic) bond motifs is 1. The minimum absolute atomic E-state index is 0.0224. The lowest BCUT2D eigenvalue weighted by Crippen LogP contribution is -2.27. The van der Waals surface area contributed by atoms with Crippen molar-refractivity contribution in [3.8, 4) is 11.8 Å². The lowest BCUT2D eigenvalue weighted by atomic mass is 10.2. The number of hydrogen-bond acceptors (Lipinski definition) is 4. The van der Waals surface area contributed by atoms with Crippen molar-refractivity contribution < 1.29 is 13.2 Å². The molecule has 0 aliphatic heterocycles. The minimum atomic E-state index is -3.74. The van der Waals surface area contributed by atoms with Gasteiger partial charge in [0.15, 0.2) is 5.03 Å². The number of ether oxygens (including phenoxy) is 1. The lowest BCUT2D eigenvalue weighted by Gasteiger charge is -2.10. The number of nitriles is 1. The molecule has 0 radical (unpaired) electrons. The van der Waals surface area contributed by atoms with Gasteiger partial charge in [0.25, 0.3) is 10.0 Å². The van der Waals surface area contributed by atoms with Gasteiger partial charge in [0, 0.05) is 24.5 Å². The maximum absolute atomic E-state index is 12.6. The molecule has 1 heterocycles. The van der Waals surface area contributed by atoms with Crippen molar-refractivity contribution in [2.75, 3.05) is 13.7 Å². The van der Waals surface area contributed by atoms with Gasteiger partial charge in [-0.1, -0.05) is 6.92 Å². The molecule has 1 aromatic carbocycles. The van der Waals surface area contributed by atoms with Gasteiger partial charge in [-0.05, 0) is 25.5 Å². The molecule has 0 bridgehead atoms. The smallest absolute Gasteiger partial charge is 0.257 e. The summed E-state index contributed by atoms with van der Waals surface area (Å²) in [6, 6.07) is 7.22. The summed E-state index contributed by atoms with van der Waals surface area (Å²) in [6.07, 6.45) is 0.682. The van der Waals surface area contributed by atoms with E-state index >= 15 is 0 Å². The molecule has 1 aromatic heterocycles. The summed E-state index contributed by atoms with van der Waals surface area (Å²) in [5, 5.41) is 10.1. The van der Waals surface area contributed by atoms with Crippen LogP contribution >= 0.6 is 0 Å². The van der Waals surface area contributed by atoms with Crippen LogP contribution in [0.4, 0.5) is 0 Å². The third-order valence-corrected chi connectivity index (χ3v) is 4.97. The molecule has 0 saturated heterocycles. The second-order valence-electron chi connectivity index (χ2n) is 4.82. The van der Waals surface area contributed by atoms with Crippen LogP contribution in [-0.4, -0.2) is 26.6 Å². The Kier molecular flexibility index (Phi) is 4.74. The molecule has 0 fully saturated rings. The van der Waals surface area contributed by atoms with E-state index in [-0.39, 0.29) is 10.6 Å². The first-order valence-corrected chi connectivity index (χ1v) is 8.58. The maximum atomic E-state index is 12.6. The van der Waals surface area contributed by atoms with E-state index in [0.717, 1.165) is 0 Å². The number of nitrogens with zero attached hydrogens (tertiary/aromatic N) is 2. The number of nitrogens with one attached hydrogen (secondary N) is 1. The van der Waals surface area contributed by atoms with E-state index in [1.165, 1.54) is 0 Å². The standard InChI is InChI=1S/C15H19N3O3S/c1-4-8-17-22(19,20)15-13(10-16)12-7-6-11(21-3)9-14(12)18(15)5-2/h6-7,9,17H,4-5,8H2,1-3H3. The fraction of sp³-hybridized carbons (Fsp3) is 0.400. The van der Waals surface area contributed by atoms with E-state index in [1.54, 1.807) is 29.9 Å². The molecule has 22 heavy (non-hydrogen) atoms. The van der Waals surface area contributed by atoms with Crippen molar-refractivity contribution in [3.05, 3.63) is 23.8 Å². The molecule has 1 N–H and O–H groups in total. The first-order chi connectivity index (χ1) is 10.5. The quantitative estimate of drug-likeness (QED) is 0.884. The molecule has 0 unspecified atom stereocenters. The molecule has 0 aliphatic carbocycles. The van der Waals surface area contributed by atoms with Crippen molar-refractivity contribution in [2.45, 2.75) is 31.8 Å². The SMILES string of the molecule is CCCNS(=O)(=O)c1c(C#N)c2ccc(OC)cc2n1CC. The highest BCUT2D eigenvalue weighted by Crippen LogP contribution is 2.31. The molecule has 0 amide bonds. The molecule has 118 valence electrons. The number of hydrogen-bond donors (Lipinski definition) is 1. The Morgan fingerprint density at radius 2 is 2.09 bits per heavy atom. The molecule has 7 heteroatoms. The summed E-state index contributed by atoms with van der Waals surface area (Å²) in [5.41, 5.74) is 0.846. The second-order valence-corrected chi connectivity index (χ2v) is 6.50. The van der Waals surface area contributed by atoms with Gasteiger partial charge in [0.2, 0.25) is 0 Å². The maximum Gasteiger partial charge on any atom is 0.257 e. The Labute approximate surface area is 130 Å². The van der Waals surface area contributed by atoms with Crippen molar-refractivity contribution in [1.82, 2.24) is 9.29 Å². The Hall–Kier alpha value is -2.04. The molecule has 0 spiro atoms. The third-order valence-electron chi connectivity index (χ3n) is 3.45. The lowest BCUT2D eigenvalue weighted by molar-refractivity contribution is 0.415. The van der Waals surface area contributed by atoms with Crippen LogP contribution in [-0.2, 0) is 16.6 Å². The van der Waals surface area contributed by atoms with E-state index in [4.69, 9.17) is 4.74 Å². The summed E-state index contributed by atoms with van der Waals surface area (Å²) in [6.45, 7) is 4.50. The van der Waals surface area contributed by atoms with Gasteiger partial charge >= 0.3 is 0 Å². The summed E-state index contributed by atoms with van der Waals surface area (Å²) >= 11 is 0. The van der Waals surface area contributed by atoms with Crippen LogP contribution in [0.1, 0.15) is 25.8 Å². The van der Waals surface area contributed by atoms with Crippen LogP contribution in [0.2, 0.25) is 0 Å². The average Bonchev–Trinajstić information content (AvgIpc) is 2.86. The predicted octanol–water partition coefficient (Wildman–Crippen LogP) is 2.23. The fourth-order valence-corrected chi connectivity index (χ4v) is 3.99. The largest absolute Gasteiger partial charge is 0.497 e. The van der Waals surface area contributed by atoms with Crippen molar-refractivity contribution in [1.29, 1.82) is 5.26 Å². The van der Waals surface area contributed by atoms with Gasteiger partial charge < -0.3 is 9.30 Å². The number of aromatic nitrogens is 1. The minimum Gasteiger partial charge on any atom is -0.497 e. The normalized spacial score (nSPS) is 11.5. The highest BCUT2D eigenvalue weighted by Gasteiger charge is 2.27. The topological polar surface area (TPSA) is 84.1 Å². The van der Waals surface area contributed by atoms with Crippen LogP contribution in [0.15, 0.2) is 23.2 Å². The predicted molar refractivity (Wildman–Crippen MR) is 84.4 cm³/mol. The Balaban J connectivity index is 2.80. The monoisotopic (exact) mass is 321 g/mol. The van der Waals surface area contributed by atoms with E-state index in [1.807, 2.05) is 19.9 Å². The van der Waals surface area contributed by atoms with Crippen LogP contribution in [0, 0.1) is 11.3 Å². The van der Waals surface area contributed by atoms with Gasteiger partial charge in [-0.2, -0.15) is 5.26 Å². The molecule has 2 rings (SSSR count). The Morgan fingerprint density at radius 3 is 2.64 bits per heavy atom. The number of methoxy groups -OCH3 is 1. The molecule has 0 saturated carbocycles. The van der Waals surface area contributed by atoms with Crippen LogP contribution in [0.5, 0.6) is 5.75 Å². The summed E-state index contributed by atoms with van der Waals surface area (Å²) in [5.74, 6) is 0.620. The summed E-state index contributed by atoms with van der Waals surface area (Å²) in [4.78, 5) is 0. The summed E-state index contributed by atoms with van der Waals surface area (Å²) in [7, 11) is -2.19. The van der Waals surface area contributed by atoms with Crippen molar-refractivity contribution >= 4 is 20.9 Å². The van der Waals surface area contributed by atoms with Crippen molar-refractivity contribution in [2.24, 2.45) is 0 Å². The van der Waals surface area contributed by atoms with Gasteiger partial charge in [-0.3, -0.25) is 0 Å². The molecule has 2 aromatic rings. The average molecular weight is 321 g/mol. The number of sulfonamides is 1. The zero-order valence-corrected chi connectivity index (χ0v) is 13.7. The zero-order chi connectivity index (χ0) is 16.3. The molecular formula is C15H19N3O3S. The number of rotatable bonds is 6.